The van der Waals surface area contributed by atoms with Gasteiger partial charge in [-0.1, -0.05) is 0 Å². The Morgan fingerprint density at radius 3 is 1.29 bits per heavy atom. The topological polar surface area (TPSA) is 230 Å². The summed E-state index contributed by atoms with van der Waals surface area (Å²) in [4.78, 5) is 85.6. The maximum atomic E-state index is 12.6. The third kappa shape index (κ3) is 12.1. The van der Waals surface area contributed by atoms with Crippen LogP contribution in [0.1, 0.15) is 48.5 Å². The van der Waals surface area contributed by atoms with E-state index in [0.717, 1.165) is 48.5 Å². The summed E-state index contributed by atoms with van der Waals surface area (Å²) in [6.45, 7) is 6.35. The molecule has 2 aliphatic heterocycles. The van der Waals surface area contributed by atoms with E-state index >= 15 is 0 Å². The van der Waals surface area contributed by atoms with E-state index in [-0.39, 0.29) is 5.75 Å². The average Bonchev–Trinajstić information content (AvgIpc) is 3.03. The van der Waals surface area contributed by atoms with E-state index in [9.17, 15) is 33.6 Å². The number of hydrogen-bond donors (Lipinski definition) is 0. The van der Waals surface area contributed by atoms with Crippen molar-refractivity contribution in [2.45, 2.75) is 110 Å². The van der Waals surface area contributed by atoms with Gasteiger partial charge in [-0.05, 0) is 24.3 Å². The highest BCUT2D eigenvalue weighted by Crippen LogP contribution is 2.36. The first kappa shape index (κ1) is 41.4. The highest BCUT2D eigenvalue weighted by Gasteiger charge is 2.58. The third-order valence-electron chi connectivity index (χ3n) is 7.20. The third-order valence-corrected chi connectivity index (χ3v) is 7.20. The average molecular weight is 743 g/mol. The molecule has 0 aromatic heterocycles. The summed E-state index contributed by atoms with van der Waals surface area (Å²) in [5.74, 6) is -5.20. The molecular weight excluding hydrogens is 700 g/mol. The molecule has 0 unspecified atom stereocenters. The van der Waals surface area contributed by atoms with Gasteiger partial charge in [0.1, 0.15) is 43.0 Å². The fraction of sp³-hybridized carbons (Fsp3) is 0.606. The molecule has 2 saturated heterocycles. The molecule has 0 aliphatic carbocycles. The molecule has 0 saturated carbocycles. The molecule has 10 atom stereocenters. The highest BCUT2D eigenvalue weighted by atomic mass is 16.8. The predicted molar refractivity (Wildman–Crippen MR) is 167 cm³/mol. The Labute approximate surface area is 298 Å². The molecule has 0 N–H and O–H groups in total. The largest absolute Gasteiger partial charge is 0.497 e. The Morgan fingerprint density at radius 1 is 0.481 bits per heavy atom. The molecular formula is C33H42O19. The van der Waals surface area contributed by atoms with Crippen LogP contribution >= 0.6 is 0 Å². The van der Waals surface area contributed by atoms with E-state index in [1.807, 2.05) is 0 Å². The molecule has 2 aliphatic rings. The van der Waals surface area contributed by atoms with E-state index in [4.69, 9.17) is 56.8 Å². The number of carbonyl (C=O) groups is 7. The van der Waals surface area contributed by atoms with Crippen LogP contribution in [-0.4, -0.2) is 124 Å². The zero-order valence-electron chi connectivity index (χ0n) is 29.8. The zero-order chi connectivity index (χ0) is 38.7. The monoisotopic (exact) mass is 742 g/mol. The molecule has 1 aromatic carbocycles. The normalized spacial score (nSPS) is 28.2. The van der Waals surface area contributed by atoms with E-state index < -0.39 is 116 Å². The Kier molecular flexibility index (Phi) is 15.1. The van der Waals surface area contributed by atoms with Gasteiger partial charge in [-0.3, -0.25) is 33.6 Å². The van der Waals surface area contributed by atoms with E-state index in [1.54, 1.807) is 12.1 Å². The van der Waals surface area contributed by atoms with Crippen LogP contribution in [-0.2, 0) is 80.9 Å². The van der Waals surface area contributed by atoms with Crippen molar-refractivity contribution in [1.29, 1.82) is 0 Å². The van der Waals surface area contributed by atoms with Crippen LogP contribution < -0.4 is 9.47 Å². The van der Waals surface area contributed by atoms with Crippen molar-refractivity contribution in [2.75, 3.05) is 20.3 Å². The summed E-state index contributed by atoms with van der Waals surface area (Å²) < 4.78 is 67.6. The molecule has 19 heteroatoms. The SMILES string of the molecule is COc1ccc(O[C@@H]2O[C@H](COC(C)=O)[C@@H](O[C@H]3O[C@H](COC(C)=O)[C@@H](OC(C)=O)[C@H](OC(C)=O)[C@H]3OC(C)=O)[C@H](OC(C)=O)[C@H]2OC(C)=O)cc1. The van der Waals surface area contributed by atoms with Crippen molar-refractivity contribution >= 4 is 41.8 Å². The van der Waals surface area contributed by atoms with Crippen molar-refractivity contribution in [3.63, 3.8) is 0 Å². The lowest BCUT2D eigenvalue weighted by molar-refractivity contribution is -0.354. The minimum absolute atomic E-state index is 0.203. The maximum absolute atomic E-state index is 12.6. The predicted octanol–water partition coefficient (Wildman–Crippen LogP) is 0.694. The molecule has 0 amide bonds. The standard InChI is InChI=1S/C33H42O19/c1-15(34)42-13-24-26(44-17(3)36)28(45-18(4)37)31(48-21(7)40)33(51-24)52-27-25(14-43-16(2)35)50-32(49-23-11-9-22(41-8)10-12-23)30(47-20(6)39)29(27)46-19(5)38/h9-12,24-33H,13-14H2,1-8H3/t24-,25-,26-,27-,28+,29+,30-,31-,32-,33-/m1/s1. The number of hydrogen-bond acceptors (Lipinski definition) is 19. The van der Waals surface area contributed by atoms with E-state index in [2.05, 4.69) is 0 Å². The van der Waals surface area contributed by atoms with Gasteiger partial charge in [-0.25, -0.2) is 0 Å². The molecule has 2 fully saturated rings. The molecule has 52 heavy (non-hydrogen) atoms. The van der Waals surface area contributed by atoms with Gasteiger partial charge >= 0.3 is 41.8 Å². The van der Waals surface area contributed by atoms with E-state index in [1.165, 1.54) is 19.2 Å². The summed E-state index contributed by atoms with van der Waals surface area (Å²) >= 11 is 0. The van der Waals surface area contributed by atoms with Crippen LogP contribution in [0.3, 0.4) is 0 Å². The van der Waals surface area contributed by atoms with Crippen LogP contribution in [0.25, 0.3) is 0 Å². The first-order chi connectivity index (χ1) is 24.5. The molecule has 1 aromatic rings. The fourth-order valence-electron chi connectivity index (χ4n) is 5.36. The van der Waals surface area contributed by atoms with Crippen LogP contribution in [0.4, 0.5) is 0 Å². The molecule has 2 heterocycles. The zero-order valence-corrected chi connectivity index (χ0v) is 29.8. The molecule has 0 radical (unpaired) electrons. The summed E-state index contributed by atoms with van der Waals surface area (Å²) in [7, 11) is 1.46. The Bertz CT molecular complexity index is 1440. The lowest BCUT2D eigenvalue weighted by atomic mass is 9.96. The van der Waals surface area contributed by atoms with Gasteiger partial charge in [0.05, 0.1) is 7.11 Å². The number of ether oxygens (including phenoxy) is 12. The minimum Gasteiger partial charge on any atom is -0.497 e. The van der Waals surface area contributed by atoms with Gasteiger partial charge < -0.3 is 56.8 Å². The second kappa shape index (κ2) is 19.0. The van der Waals surface area contributed by atoms with Gasteiger partial charge in [-0.2, -0.15) is 0 Å². The Balaban J connectivity index is 2.16. The van der Waals surface area contributed by atoms with Gasteiger partial charge in [0.15, 0.2) is 30.7 Å². The summed E-state index contributed by atoms with van der Waals surface area (Å²) in [5.41, 5.74) is 0. The molecule has 3 rings (SSSR count). The highest BCUT2D eigenvalue weighted by molar-refractivity contribution is 5.69. The Morgan fingerprint density at radius 2 is 0.846 bits per heavy atom. The molecule has 288 valence electrons. The fourth-order valence-corrected chi connectivity index (χ4v) is 5.36. The molecule has 0 spiro atoms. The van der Waals surface area contributed by atoms with Crippen LogP contribution in [0.15, 0.2) is 24.3 Å². The number of carbonyl (C=O) groups excluding carboxylic acids is 7. The van der Waals surface area contributed by atoms with Crippen molar-refractivity contribution < 1.29 is 90.4 Å². The number of esters is 7. The number of rotatable bonds is 14. The van der Waals surface area contributed by atoms with Crippen molar-refractivity contribution in [3.05, 3.63) is 24.3 Å². The first-order valence-electron chi connectivity index (χ1n) is 15.9. The van der Waals surface area contributed by atoms with Gasteiger partial charge in [-0.15, -0.1) is 0 Å². The summed E-state index contributed by atoms with van der Waals surface area (Å²) in [6.07, 6.45) is -15.7. The van der Waals surface area contributed by atoms with Crippen LogP contribution in [0.2, 0.25) is 0 Å². The van der Waals surface area contributed by atoms with Gasteiger partial charge in [0.2, 0.25) is 12.4 Å². The lowest BCUT2D eigenvalue weighted by Gasteiger charge is -2.48. The van der Waals surface area contributed by atoms with Crippen molar-refractivity contribution in [2.24, 2.45) is 0 Å². The Hall–Kier alpha value is -5.01. The molecule has 0 bridgehead atoms. The van der Waals surface area contributed by atoms with E-state index in [0.29, 0.717) is 5.75 Å². The summed E-state index contributed by atoms with van der Waals surface area (Å²) in [6, 6.07) is 6.20. The second-order valence-electron chi connectivity index (χ2n) is 11.5. The van der Waals surface area contributed by atoms with Crippen LogP contribution in [0.5, 0.6) is 11.5 Å². The quantitative estimate of drug-likeness (QED) is 0.189. The maximum Gasteiger partial charge on any atom is 0.303 e. The summed E-state index contributed by atoms with van der Waals surface area (Å²) in [5, 5.41) is 0. The lowest BCUT2D eigenvalue weighted by Crippen LogP contribution is -2.67. The van der Waals surface area contributed by atoms with Gasteiger partial charge in [0, 0.05) is 48.5 Å². The van der Waals surface area contributed by atoms with Crippen molar-refractivity contribution in [3.8, 4) is 11.5 Å². The number of benzene rings is 1. The first-order valence-corrected chi connectivity index (χ1v) is 15.9. The smallest absolute Gasteiger partial charge is 0.303 e. The minimum atomic E-state index is -1.80. The van der Waals surface area contributed by atoms with Gasteiger partial charge in [0.25, 0.3) is 0 Å². The van der Waals surface area contributed by atoms with Crippen LogP contribution in [0, 0.1) is 0 Å². The van der Waals surface area contributed by atoms with Crippen molar-refractivity contribution in [1.82, 2.24) is 0 Å². The molecule has 19 nitrogen and oxygen atoms in total. The second-order valence-corrected chi connectivity index (χ2v) is 11.5. The number of methoxy groups -OCH3 is 1.